The number of nitrogens with zero attached hydrogens (tertiary/aromatic N) is 1. The van der Waals surface area contributed by atoms with Crippen LogP contribution in [-0.2, 0) is 9.59 Å². The number of carboxylic acids is 1. The highest BCUT2D eigenvalue weighted by Crippen LogP contribution is 2.22. The highest BCUT2D eigenvalue weighted by atomic mass is 16.4. The molecule has 1 heterocycles. The molecular formula is C18H12N2O5. The van der Waals surface area contributed by atoms with Crippen LogP contribution in [0.15, 0.2) is 60.2 Å². The van der Waals surface area contributed by atoms with Crippen molar-refractivity contribution in [1.82, 2.24) is 5.32 Å². The lowest BCUT2D eigenvalue weighted by atomic mass is 10.1. The molecular weight excluding hydrogens is 324 g/mol. The normalized spacial score (nSPS) is 16.1. The first kappa shape index (κ1) is 16.1. The van der Waals surface area contributed by atoms with Crippen molar-refractivity contribution in [3.63, 3.8) is 0 Å². The van der Waals surface area contributed by atoms with Gasteiger partial charge in [0.15, 0.2) is 0 Å². The number of aromatic carboxylic acids is 1. The third-order valence-corrected chi connectivity index (χ3v) is 3.58. The summed E-state index contributed by atoms with van der Waals surface area (Å²) in [6, 6.07) is 13.1. The number of hydrogen-bond acceptors (Lipinski definition) is 4. The molecule has 7 heteroatoms. The van der Waals surface area contributed by atoms with Gasteiger partial charge in [0.25, 0.3) is 11.8 Å². The molecule has 0 unspecified atom stereocenters. The molecule has 2 aromatic carbocycles. The first-order chi connectivity index (χ1) is 12.0. The molecule has 25 heavy (non-hydrogen) atoms. The number of anilines is 1. The molecule has 7 nitrogen and oxygen atoms in total. The van der Waals surface area contributed by atoms with Crippen LogP contribution in [0.25, 0.3) is 6.08 Å². The summed E-state index contributed by atoms with van der Waals surface area (Å²) in [6.45, 7) is 0. The quantitative estimate of drug-likeness (QED) is 0.659. The van der Waals surface area contributed by atoms with E-state index in [2.05, 4.69) is 5.32 Å². The fraction of sp³-hybridized carbons (Fsp3) is 0. The topological polar surface area (TPSA) is 104 Å². The van der Waals surface area contributed by atoms with E-state index in [9.17, 15) is 19.2 Å². The maximum absolute atomic E-state index is 12.6. The predicted octanol–water partition coefficient (Wildman–Crippen LogP) is 2.05. The molecule has 0 aromatic heterocycles. The van der Waals surface area contributed by atoms with Crippen molar-refractivity contribution in [2.24, 2.45) is 0 Å². The number of carbonyl (C=O) groups is 4. The zero-order valence-corrected chi connectivity index (χ0v) is 12.8. The Balaban J connectivity index is 1.98. The Morgan fingerprint density at radius 2 is 1.60 bits per heavy atom. The van der Waals surface area contributed by atoms with Crippen LogP contribution in [-0.4, -0.2) is 28.9 Å². The Bertz CT molecular complexity index is 901. The number of hydrogen-bond donors (Lipinski definition) is 2. The summed E-state index contributed by atoms with van der Waals surface area (Å²) in [6.07, 6.45) is 1.39. The second kappa shape index (κ2) is 6.40. The fourth-order valence-corrected chi connectivity index (χ4v) is 2.36. The van der Waals surface area contributed by atoms with Gasteiger partial charge in [0.1, 0.15) is 5.57 Å². The van der Waals surface area contributed by atoms with Crippen molar-refractivity contribution < 1.29 is 24.3 Å². The van der Waals surface area contributed by atoms with Crippen LogP contribution in [0, 0.1) is 0 Å². The van der Waals surface area contributed by atoms with Crippen LogP contribution in [0.1, 0.15) is 15.9 Å². The van der Waals surface area contributed by atoms with E-state index in [1.54, 1.807) is 30.3 Å². The van der Waals surface area contributed by atoms with Gasteiger partial charge in [0, 0.05) is 0 Å². The molecule has 1 aliphatic heterocycles. The molecule has 0 radical (unpaired) electrons. The van der Waals surface area contributed by atoms with E-state index in [0.29, 0.717) is 5.56 Å². The molecule has 0 atom stereocenters. The molecule has 2 N–H and O–H groups in total. The molecule has 0 aliphatic carbocycles. The lowest BCUT2D eigenvalue weighted by Gasteiger charge is -2.26. The zero-order chi connectivity index (χ0) is 18.0. The van der Waals surface area contributed by atoms with Gasteiger partial charge in [-0.3, -0.25) is 14.9 Å². The molecule has 0 saturated carbocycles. The van der Waals surface area contributed by atoms with E-state index in [1.165, 1.54) is 30.3 Å². The standard InChI is InChI=1S/C18H12N2O5/c21-15-14(10-11-4-2-1-3-5-11)16(22)20(18(25)19-15)13-8-6-12(7-9-13)17(23)24/h1-10H,(H,23,24)(H,19,21,25)/b14-10+. The average Bonchev–Trinajstić information content (AvgIpc) is 2.60. The number of imide groups is 2. The second-order valence-electron chi connectivity index (χ2n) is 5.22. The Hall–Kier alpha value is -3.74. The van der Waals surface area contributed by atoms with Gasteiger partial charge in [-0.1, -0.05) is 30.3 Å². The molecule has 2 aromatic rings. The molecule has 1 aliphatic rings. The minimum atomic E-state index is -1.12. The number of benzene rings is 2. The molecule has 0 bridgehead atoms. The van der Waals surface area contributed by atoms with E-state index in [0.717, 1.165) is 4.90 Å². The summed E-state index contributed by atoms with van der Waals surface area (Å²) in [4.78, 5) is 48.4. The van der Waals surface area contributed by atoms with Crippen LogP contribution in [0.3, 0.4) is 0 Å². The summed E-state index contributed by atoms with van der Waals surface area (Å²) in [7, 11) is 0. The molecule has 124 valence electrons. The first-order valence-corrected chi connectivity index (χ1v) is 7.27. The van der Waals surface area contributed by atoms with Crippen molar-refractivity contribution in [3.05, 3.63) is 71.3 Å². The van der Waals surface area contributed by atoms with Crippen LogP contribution < -0.4 is 10.2 Å². The monoisotopic (exact) mass is 336 g/mol. The van der Waals surface area contributed by atoms with E-state index >= 15 is 0 Å². The van der Waals surface area contributed by atoms with E-state index in [-0.39, 0.29) is 16.8 Å². The number of rotatable bonds is 3. The van der Waals surface area contributed by atoms with Gasteiger partial charge in [-0.05, 0) is 35.9 Å². The Morgan fingerprint density at radius 3 is 2.20 bits per heavy atom. The highest BCUT2D eigenvalue weighted by molar-refractivity contribution is 6.39. The Labute approximate surface area is 142 Å². The SMILES string of the molecule is O=C1NC(=O)N(c2ccc(C(=O)O)cc2)C(=O)/C1=C/c1ccccc1. The Morgan fingerprint density at radius 1 is 0.960 bits per heavy atom. The zero-order valence-electron chi connectivity index (χ0n) is 12.8. The van der Waals surface area contributed by atoms with Gasteiger partial charge in [-0.2, -0.15) is 0 Å². The number of amides is 4. The minimum absolute atomic E-state index is 0.0183. The lowest BCUT2D eigenvalue weighted by Crippen LogP contribution is -2.54. The van der Waals surface area contributed by atoms with Crippen molar-refractivity contribution in [1.29, 1.82) is 0 Å². The predicted molar refractivity (Wildman–Crippen MR) is 88.8 cm³/mol. The highest BCUT2D eigenvalue weighted by Gasteiger charge is 2.36. The summed E-state index contributed by atoms with van der Waals surface area (Å²) >= 11 is 0. The fourth-order valence-electron chi connectivity index (χ4n) is 2.36. The maximum atomic E-state index is 12.6. The van der Waals surface area contributed by atoms with Gasteiger partial charge in [-0.15, -0.1) is 0 Å². The van der Waals surface area contributed by atoms with Gasteiger partial charge < -0.3 is 5.11 Å². The number of carbonyl (C=O) groups excluding carboxylic acids is 3. The van der Waals surface area contributed by atoms with Gasteiger partial charge in [0.2, 0.25) is 0 Å². The minimum Gasteiger partial charge on any atom is -0.478 e. The van der Waals surface area contributed by atoms with Crippen molar-refractivity contribution >= 4 is 35.6 Å². The van der Waals surface area contributed by atoms with Crippen LogP contribution in [0.2, 0.25) is 0 Å². The summed E-state index contributed by atoms with van der Waals surface area (Å²) in [5.74, 6) is -2.68. The van der Waals surface area contributed by atoms with Gasteiger partial charge in [0.05, 0.1) is 11.3 Å². The second-order valence-corrected chi connectivity index (χ2v) is 5.22. The number of urea groups is 1. The average molecular weight is 336 g/mol. The molecule has 1 fully saturated rings. The maximum Gasteiger partial charge on any atom is 0.335 e. The summed E-state index contributed by atoms with van der Waals surface area (Å²) in [5, 5.41) is 11.0. The van der Waals surface area contributed by atoms with Gasteiger partial charge in [-0.25, -0.2) is 14.5 Å². The molecule has 1 saturated heterocycles. The van der Waals surface area contributed by atoms with Crippen LogP contribution in [0.5, 0.6) is 0 Å². The van der Waals surface area contributed by atoms with Gasteiger partial charge >= 0.3 is 12.0 Å². The van der Waals surface area contributed by atoms with Crippen LogP contribution >= 0.6 is 0 Å². The van der Waals surface area contributed by atoms with E-state index < -0.39 is 23.8 Å². The molecule has 4 amide bonds. The van der Waals surface area contributed by atoms with Crippen molar-refractivity contribution in [3.8, 4) is 0 Å². The summed E-state index contributed by atoms with van der Waals surface area (Å²) < 4.78 is 0. The number of barbiturate groups is 1. The molecule has 3 rings (SSSR count). The van der Waals surface area contributed by atoms with Crippen molar-refractivity contribution in [2.75, 3.05) is 4.90 Å². The van der Waals surface area contributed by atoms with Crippen LogP contribution in [0.4, 0.5) is 10.5 Å². The lowest BCUT2D eigenvalue weighted by molar-refractivity contribution is -0.122. The number of nitrogens with one attached hydrogen (secondary N) is 1. The van der Waals surface area contributed by atoms with Crippen molar-refractivity contribution in [2.45, 2.75) is 0 Å². The van der Waals surface area contributed by atoms with E-state index in [4.69, 9.17) is 5.11 Å². The Kier molecular flexibility index (Phi) is 4.13. The molecule has 0 spiro atoms. The first-order valence-electron chi connectivity index (χ1n) is 7.27. The van der Waals surface area contributed by atoms with E-state index in [1.807, 2.05) is 0 Å². The largest absolute Gasteiger partial charge is 0.478 e. The third-order valence-electron chi connectivity index (χ3n) is 3.58. The summed E-state index contributed by atoms with van der Waals surface area (Å²) in [5.41, 5.74) is 0.633. The smallest absolute Gasteiger partial charge is 0.335 e. The number of carboxylic acid groups (broad SMARTS) is 1. The third kappa shape index (κ3) is 3.16.